The number of rotatable bonds is 10. The van der Waals surface area contributed by atoms with Gasteiger partial charge in [-0.15, -0.1) is 5.10 Å². The average Bonchev–Trinajstić information content (AvgIpc) is 3.55. The predicted octanol–water partition coefficient (Wildman–Crippen LogP) is 4.03. The van der Waals surface area contributed by atoms with Crippen LogP contribution in [0.5, 0.6) is 0 Å². The monoisotopic (exact) mass is 482 g/mol. The van der Waals surface area contributed by atoms with Gasteiger partial charge in [0.25, 0.3) is 0 Å². The molecular weight excluding hydrogens is 454 g/mol. The van der Waals surface area contributed by atoms with Gasteiger partial charge in [0.15, 0.2) is 11.4 Å². The van der Waals surface area contributed by atoms with Gasteiger partial charge in [-0.3, -0.25) is 0 Å². The van der Waals surface area contributed by atoms with Crippen molar-refractivity contribution in [1.82, 2.24) is 33.9 Å². The Kier molecular flexibility index (Phi) is 6.97. The summed E-state index contributed by atoms with van der Waals surface area (Å²) in [5, 5.41) is 5.25. The number of furan rings is 1. The second kappa shape index (κ2) is 10.1. The molecule has 0 fully saturated rings. The Balaban J connectivity index is 1.44. The first-order valence-corrected chi connectivity index (χ1v) is 11.1. The number of nitrogens with zero attached hydrogens (tertiary/aromatic N) is 7. The lowest BCUT2D eigenvalue weighted by atomic mass is 10.3. The standard InChI is InChI=1S/C24H28F2N8O/c1-16(25)7-8-19(17(2)26)32(4)13-11-31(3)12-14-33-10-9-18-22(33)29-24(27)34-23(18)28-21(30-34)20-6-5-15-35-20/h5-10,15H,1,11-14H2,2-4H3,(H2,27,29)/b8-7-,19-17-. The fourth-order valence-corrected chi connectivity index (χ4v) is 3.76. The van der Waals surface area contributed by atoms with Crippen LogP contribution in [-0.2, 0) is 6.54 Å². The number of likely N-dealkylation sites (N-methyl/N-ethyl adjacent to an activating group) is 2. The van der Waals surface area contributed by atoms with E-state index in [4.69, 9.17) is 10.2 Å². The van der Waals surface area contributed by atoms with E-state index in [0.29, 0.717) is 48.2 Å². The molecule has 0 aliphatic carbocycles. The van der Waals surface area contributed by atoms with Crippen molar-refractivity contribution in [1.29, 1.82) is 0 Å². The van der Waals surface area contributed by atoms with Gasteiger partial charge in [-0.2, -0.15) is 9.50 Å². The van der Waals surface area contributed by atoms with E-state index in [-0.39, 0.29) is 11.8 Å². The van der Waals surface area contributed by atoms with Gasteiger partial charge < -0.3 is 24.5 Å². The minimum absolute atomic E-state index is 0.234. The van der Waals surface area contributed by atoms with E-state index in [9.17, 15) is 8.78 Å². The first kappa shape index (κ1) is 24.1. The molecule has 0 amide bonds. The minimum Gasteiger partial charge on any atom is -0.461 e. The highest BCUT2D eigenvalue weighted by atomic mass is 19.1. The average molecular weight is 483 g/mol. The molecule has 4 aromatic heterocycles. The highest BCUT2D eigenvalue weighted by Gasteiger charge is 2.17. The molecule has 11 heteroatoms. The third-order valence-corrected chi connectivity index (χ3v) is 5.69. The van der Waals surface area contributed by atoms with Crippen LogP contribution in [-0.4, -0.2) is 67.7 Å². The number of fused-ring (bicyclic) bond motifs is 3. The lowest BCUT2D eigenvalue weighted by Crippen LogP contribution is -2.32. The quantitative estimate of drug-likeness (QED) is 0.341. The molecule has 35 heavy (non-hydrogen) atoms. The van der Waals surface area contributed by atoms with Crippen LogP contribution in [0.15, 0.2) is 71.2 Å². The number of nitrogen functional groups attached to an aromatic ring is 1. The lowest BCUT2D eigenvalue weighted by molar-refractivity contribution is 0.277. The van der Waals surface area contributed by atoms with E-state index in [0.717, 1.165) is 18.0 Å². The molecule has 0 saturated heterocycles. The van der Waals surface area contributed by atoms with Gasteiger partial charge in [0.05, 0.1) is 17.3 Å². The molecule has 0 atom stereocenters. The van der Waals surface area contributed by atoms with Crippen molar-refractivity contribution in [2.24, 2.45) is 0 Å². The molecule has 0 radical (unpaired) electrons. The van der Waals surface area contributed by atoms with Gasteiger partial charge in [-0.1, -0.05) is 6.58 Å². The van der Waals surface area contributed by atoms with E-state index in [1.165, 1.54) is 17.5 Å². The lowest BCUT2D eigenvalue weighted by Gasteiger charge is -2.24. The summed E-state index contributed by atoms with van der Waals surface area (Å²) in [6.07, 6.45) is 6.05. The van der Waals surface area contributed by atoms with Crippen LogP contribution in [0.25, 0.3) is 28.3 Å². The van der Waals surface area contributed by atoms with Crippen LogP contribution in [0.1, 0.15) is 6.92 Å². The normalized spacial score (nSPS) is 12.9. The molecule has 2 N–H and O–H groups in total. The number of hydrogen-bond donors (Lipinski definition) is 1. The number of hydrogen-bond acceptors (Lipinski definition) is 7. The fourth-order valence-electron chi connectivity index (χ4n) is 3.76. The van der Waals surface area contributed by atoms with Crippen LogP contribution >= 0.6 is 0 Å². The first-order chi connectivity index (χ1) is 16.7. The third kappa shape index (κ3) is 5.24. The Hall–Kier alpha value is -3.99. The largest absolute Gasteiger partial charge is 0.461 e. The number of halogens is 2. The van der Waals surface area contributed by atoms with Crippen LogP contribution < -0.4 is 5.73 Å². The van der Waals surface area contributed by atoms with Gasteiger partial charge in [0.2, 0.25) is 11.8 Å². The summed E-state index contributed by atoms with van der Waals surface area (Å²) >= 11 is 0. The summed E-state index contributed by atoms with van der Waals surface area (Å²) in [4.78, 5) is 13.0. The molecule has 184 valence electrons. The second-order valence-corrected chi connectivity index (χ2v) is 8.29. The molecule has 0 saturated carbocycles. The van der Waals surface area contributed by atoms with E-state index >= 15 is 0 Å². The summed E-state index contributed by atoms with van der Waals surface area (Å²) in [6.45, 7) is 7.14. The van der Waals surface area contributed by atoms with Crippen LogP contribution in [0.4, 0.5) is 14.7 Å². The smallest absolute Gasteiger partial charge is 0.225 e. The Morgan fingerprint density at radius 2 is 1.94 bits per heavy atom. The Morgan fingerprint density at radius 1 is 1.14 bits per heavy atom. The second-order valence-electron chi connectivity index (χ2n) is 8.29. The third-order valence-electron chi connectivity index (χ3n) is 5.69. The summed E-state index contributed by atoms with van der Waals surface area (Å²) < 4.78 is 35.8. The number of aromatic nitrogens is 5. The molecule has 0 aliphatic heterocycles. The molecule has 0 unspecified atom stereocenters. The Morgan fingerprint density at radius 3 is 2.63 bits per heavy atom. The van der Waals surface area contributed by atoms with Crippen molar-refractivity contribution in [3.8, 4) is 11.6 Å². The molecule has 4 aromatic rings. The van der Waals surface area contributed by atoms with Gasteiger partial charge in [0, 0.05) is 39.4 Å². The van der Waals surface area contributed by atoms with Crippen molar-refractivity contribution in [2.75, 3.05) is 39.5 Å². The molecule has 0 bridgehead atoms. The van der Waals surface area contributed by atoms with Crippen molar-refractivity contribution in [3.63, 3.8) is 0 Å². The molecule has 0 aromatic carbocycles. The Bertz CT molecular complexity index is 1400. The number of nitrogens with two attached hydrogens (primary N) is 1. The molecule has 9 nitrogen and oxygen atoms in total. The van der Waals surface area contributed by atoms with E-state index in [1.807, 2.05) is 23.9 Å². The van der Waals surface area contributed by atoms with E-state index in [2.05, 4.69) is 26.5 Å². The zero-order valence-corrected chi connectivity index (χ0v) is 19.9. The number of anilines is 1. The maximum Gasteiger partial charge on any atom is 0.225 e. The van der Waals surface area contributed by atoms with Crippen molar-refractivity contribution < 1.29 is 13.2 Å². The molecule has 4 rings (SSSR count). The SMILES string of the molecule is C=C(F)/C=C\C(=C(/C)F)N(C)CCN(C)CCn1ccc2c1nc(N)n1nc(-c3ccco3)nc21. The molecule has 0 aliphatic rings. The van der Waals surface area contributed by atoms with Crippen LogP contribution in [0.3, 0.4) is 0 Å². The molecule has 0 spiro atoms. The van der Waals surface area contributed by atoms with Crippen molar-refractivity contribution in [2.45, 2.75) is 13.5 Å². The number of allylic oxidation sites excluding steroid dienone is 4. The maximum absolute atomic E-state index is 13.9. The van der Waals surface area contributed by atoms with Crippen LogP contribution in [0.2, 0.25) is 0 Å². The van der Waals surface area contributed by atoms with Gasteiger partial charge in [-0.05, 0) is 44.3 Å². The summed E-state index contributed by atoms with van der Waals surface area (Å²) in [5.41, 5.74) is 7.81. The van der Waals surface area contributed by atoms with Crippen molar-refractivity contribution >= 4 is 22.6 Å². The first-order valence-electron chi connectivity index (χ1n) is 11.1. The summed E-state index contributed by atoms with van der Waals surface area (Å²) in [7, 11) is 3.75. The van der Waals surface area contributed by atoms with Crippen molar-refractivity contribution in [3.05, 3.63) is 66.7 Å². The molecular formula is C24H28F2N8O. The Labute approximate surface area is 201 Å². The summed E-state index contributed by atoms with van der Waals surface area (Å²) in [6, 6.07) is 5.50. The minimum atomic E-state index is -0.622. The van der Waals surface area contributed by atoms with E-state index < -0.39 is 5.83 Å². The van der Waals surface area contributed by atoms with Gasteiger partial charge in [-0.25, -0.2) is 13.8 Å². The zero-order valence-electron chi connectivity index (χ0n) is 19.9. The van der Waals surface area contributed by atoms with Crippen LogP contribution in [0, 0.1) is 0 Å². The van der Waals surface area contributed by atoms with E-state index in [1.54, 1.807) is 30.3 Å². The topological polar surface area (TPSA) is 93.7 Å². The van der Waals surface area contributed by atoms with Gasteiger partial charge in [0.1, 0.15) is 17.3 Å². The highest BCUT2D eigenvalue weighted by molar-refractivity contribution is 5.91. The van der Waals surface area contributed by atoms with Gasteiger partial charge >= 0.3 is 0 Å². The maximum atomic E-state index is 13.9. The zero-order chi connectivity index (χ0) is 25.1. The summed E-state index contributed by atoms with van der Waals surface area (Å²) in [5.74, 6) is 0.222. The molecule has 4 heterocycles. The predicted molar refractivity (Wildman–Crippen MR) is 132 cm³/mol. The fraction of sp³-hybridized carbons (Fsp3) is 0.292. The highest BCUT2D eigenvalue weighted by Crippen LogP contribution is 2.24.